The largest absolute Gasteiger partial charge is 0.326 e. The lowest BCUT2D eigenvalue weighted by atomic mass is 10.2. The van der Waals surface area contributed by atoms with E-state index in [1.54, 1.807) is 23.1 Å². The van der Waals surface area contributed by atoms with Crippen molar-refractivity contribution in [1.82, 2.24) is 4.98 Å². The van der Waals surface area contributed by atoms with Crippen molar-refractivity contribution in [1.29, 1.82) is 0 Å². The number of nitrogens with zero attached hydrogens (tertiary/aromatic N) is 1. The highest BCUT2D eigenvalue weighted by Crippen LogP contribution is 2.21. The molecule has 1 N–H and O–H groups in total. The Labute approximate surface area is 121 Å². The standard InChI is InChI=1S/C14H16N2OS2/c1-9-13(19-10(2)15-9)8-14(17)16-11-5-4-6-12(7-11)18-3/h4-7H,8H2,1-3H3,(H,16,17). The van der Waals surface area contributed by atoms with Crippen LogP contribution in [0.5, 0.6) is 0 Å². The van der Waals surface area contributed by atoms with Crippen molar-refractivity contribution < 1.29 is 4.79 Å². The van der Waals surface area contributed by atoms with Gasteiger partial charge in [-0.05, 0) is 38.3 Å². The number of carbonyl (C=O) groups is 1. The molecule has 3 nitrogen and oxygen atoms in total. The molecule has 2 rings (SSSR count). The van der Waals surface area contributed by atoms with Crippen molar-refractivity contribution in [3.05, 3.63) is 39.8 Å². The number of thioether (sulfide) groups is 1. The van der Waals surface area contributed by atoms with Crippen LogP contribution in [0.3, 0.4) is 0 Å². The van der Waals surface area contributed by atoms with Crippen LogP contribution in [-0.4, -0.2) is 17.1 Å². The zero-order valence-electron chi connectivity index (χ0n) is 11.2. The first-order valence-corrected chi connectivity index (χ1v) is 7.99. The highest BCUT2D eigenvalue weighted by Gasteiger charge is 2.10. The molecule has 1 heterocycles. The maximum atomic E-state index is 12.0. The van der Waals surface area contributed by atoms with Gasteiger partial charge in [-0.25, -0.2) is 4.98 Å². The number of hydrogen-bond donors (Lipinski definition) is 1. The van der Waals surface area contributed by atoms with Gasteiger partial charge in [-0.2, -0.15) is 0 Å². The van der Waals surface area contributed by atoms with Gasteiger partial charge in [-0.3, -0.25) is 4.79 Å². The van der Waals surface area contributed by atoms with Crippen LogP contribution in [0.2, 0.25) is 0 Å². The topological polar surface area (TPSA) is 42.0 Å². The second-order valence-corrected chi connectivity index (χ2v) is 6.37. The van der Waals surface area contributed by atoms with Gasteiger partial charge in [0, 0.05) is 15.5 Å². The van der Waals surface area contributed by atoms with E-state index in [0.29, 0.717) is 6.42 Å². The highest BCUT2D eigenvalue weighted by atomic mass is 32.2. The predicted octanol–water partition coefficient (Wildman–Crippen LogP) is 3.66. The van der Waals surface area contributed by atoms with Gasteiger partial charge in [0.25, 0.3) is 0 Å². The summed E-state index contributed by atoms with van der Waals surface area (Å²) in [6.07, 6.45) is 2.41. The minimum atomic E-state index is 0.00463. The molecule has 0 aliphatic rings. The molecule has 0 aliphatic heterocycles. The Morgan fingerprint density at radius 1 is 1.42 bits per heavy atom. The fraction of sp³-hybridized carbons (Fsp3) is 0.286. The Morgan fingerprint density at radius 3 is 2.84 bits per heavy atom. The van der Waals surface area contributed by atoms with Gasteiger partial charge >= 0.3 is 0 Å². The maximum absolute atomic E-state index is 12.0. The van der Waals surface area contributed by atoms with E-state index in [4.69, 9.17) is 0 Å². The van der Waals surface area contributed by atoms with Crippen molar-refractivity contribution in [3.63, 3.8) is 0 Å². The lowest BCUT2D eigenvalue weighted by Gasteiger charge is -2.06. The van der Waals surface area contributed by atoms with Crippen molar-refractivity contribution in [2.75, 3.05) is 11.6 Å². The normalized spacial score (nSPS) is 10.5. The second kappa shape index (κ2) is 6.21. The second-order valence-electron chi connectivity index (χ2n) is 4.20. The molecule has 19 heavy (non-hydrogen) atoms. The lowest BCUT2D eigenvalue weighted by molar-refractivity contribution is -0.115. The Hall–Kier alpha value is -1.33. The molecule has 2 aromatic rings. The van der Waals surface area contributed by atoms with E-state index in [1.165, 1.54) is 0 Å². The minimum Gasteiger partial charge on any atom is -0.326 e. The number of benzene rings is 1. The SMILES string of the molecule is CSc1cccc(NC(=O)Cc2sc(C)nc2C)c1. The molecule has 5 heteroatoms. The summed E-state index contributed by atoms with van der Waals surface area (Å²) in [6.45, 7) is 3.90. The quantitative estimate of drug-likeness (QED) is 0.874. The molecule has 0 atom stereocenters. The fourth-order valence-corrected chi connectivity index (χ4v) is 3.18. The van der Waals surface area contributed by atoms with Gasteiger partial charge in [-0.15, -0.1) is 23.1 Å². The number of aromatic nitrogens is 1. The molecule has 0 saturated carbocycles. The molecule has 0 radical (unpaired) electrons. The van der Waals surface area contributed by atoms with Gasteiger partial charge < -0.3 is 5.32 Å². The van der Waals surface area contributed by atoms with Crippen LogP contribution in [0.15, 0.2) is 29.2 Å². The first-order chi connectivity index (χ1) is 9.08. The summed E-state index contributed by atoms with van der Waals surface area (Å²) in [5.74, 6) is 0.00463. The van der Waals surface area contributed by atoms with E-state index in [1.807, 2.05) is 44.4 Å². The van der Waals surface area contributed by atoms with Crippen LogP contribution in [0, 0.1) is 13.8 Å². The number of aryl methyl sites for hydroxylation is 2. The fourth-order valence-electron chi connectivity index (χ4n) is 1.79. The monoisotopic (exact) mass is 292 g/mol. The number of thiazole rings is 1. The smallest absolute Gasteiger partial charge is 0.229 e. The lowest BCUT2D eigenvalue weighted by Crippen LogP contribution is -2.14. The number of amides is 1. The van der Waals surface area contributed by atoms with E-state index < -0.39 is 0 Å². The van der Waals surface area contributed by atoms with Gasteiger partial charge in [-0.1, -0.05) is 6.07 Å². The summed E-state index contributed by atoms with van der Waals surface area (Å²) >= 11 is 3.25. The summed E-state index contributed by atoms with van der Waals surface area (Å²) in [4.78, 5) is 18.5. The molecule has 0 saturated heterocycles. The molecule has 100 valence electrons. The van der Waals surface area contributed by atoms with Crippen molar-refractivity contribution in [2.24, 2.45) is 0 Å². The number of anilines is 1. The van der Waals surface area contributed by atoms with Gasteiger partial charge in [0.05, 0.1) is 17.1 Å². The molecular weight excluding hydrogens is 276 g/mol. The summed E-state index contributed by atoms with van der Waals surface area (Å²) in [5, 5.41) is 3.93. The third kappa shape index (κ3) is 3.81. The van der Waals surface area contributed by atoms with Crippen LogP contribution in [-0.2, 0) is 11.2 Å². The zero-order chi connectivity index (χ0) is 13.8. The first-order valence-electron chi connectivity index (χ1n) is 5.95. The van der Waals surface area contributed by atoms with E-state index >= 15 is 0 Å². The van der Waals surface area contributed by atoms with Crippen LogP contribution >= 0.6 is 23.1 Å². The zero-order valence-corrected chi connectivity index (χ0v) is 12.8. The molecule has 0 fully saturated rings. The maximum Gasteiger partial charge on any atom is 0.229 e. The minimum absolute atomic E-state index is 0.00463. The van der Waals surface area contributed by atoms with E-state index in [-0.39, 0.29) is 5.91 Å². The number of nitrogens with one attached hydrogen (secondary N) is 1. The van der Waals surface area contributed by atoms with Crippen LogP contribution in [0.4, 0.5) is 5.69 Å². The average molecular weight is 292 g/mol. The Balaban J connectivity index is 2.03. The van der Waals surface area contributed by atoms with Crippen LogP contribution in [0.25, 0.3) is 0 Å². The number of rotatable bonds is 4. The van der Waals surface area contributed by atoms with E-state index in [0.717, 1.165) is 26.2 Å². The Bertz CT molecular complexity index is 593. The molecule has 0 spiro atoms. The van der Waals surface area contributed by atoms with E-state index in [9.17, 15) is 4.79 Å². The number of carbonyl (C=O) groups excluding carboxylic acids is 1. The third-order valence-electron chi connectivity index (χ3n) is 2.67. The number of hydrogen-bond acceptors (Lipinski definition) is 4. The van der Waals surface area contributed by atoms with Crippen LogP contribution < -0.4 is 5.32 Å². The predicted molar refractivity (Wildman–Crippen MR) is 82.1 cm³/mol. The molecule has 0 aliphatic carbocycles. The van der Waals surface area contributed by atoms with Crippen molar-refractivity contribution >= 4 is 34.7 Å². The van der Waals surface area contributed by atoms with Gasteiger partial charge in [0.2, 0.25) is 5.91 Å². The third-order valence-corrected chi connectivity index (χ3v) is 4.47. The van der Waals surface area contributed by atoms with Crippen molar-refractivity contribution in [2.45, 2.75) is 25.2 Å². The molecule has 0 unspecified atom stereocenters. The molecule has 0 bridgehead atoms. The first kappa shape index (κ1) is 14.1. The highest BCUT2D eigenvalue weighted by molar-refractivity contribution is 7.98. The summed E-state index contributed by atoms with van der Waals surface area (Å²) in [5.41, 5.74) is 1.80. The summed E-state index contributed by atoms with van der Waals surface area (Å²) in [7, 11) is 0. The van der Waals surface area contributed by atoms with Gasteiger partial charge in [0.1, 0.15) is 0 Å². The molecular formula is C14H16N2OS2. The average Bonchev–Trinajstić information content (AvgIpc) is 2.68. The molecule has 1 aromatic heterocycles. The van der Waals surface area contributed by atoms with Crippen LogP contribution in [0.1, 0.15) is 15.6 Å². The summed E-state index contributed by atoms with van der Waals surface area (Å²) < 4.78 is 0. The Kier molecular flexibility index (Phi) is 4.61. The van der Waals surface area contributed by atoms with Gasteiger partial charge in [0.15, 0.2) is 0 Å². The molecule has 1 aromatic carbocycles. The summed E-state index contributed by atoms with van der Waals surface area (Å²) in [6, 6.07) is 7.86. The Morgan fingerprint density at radius 2 is 2.21 bits per heavy atom. The van der Waals surface area contributed by atoms with Crippen molar-refractivity contribution in [3.8, 4) is 0 Å². The molecule has 1 amide bonds. The van der Waals surface area contributed by atoms with E-state index in [2.05, 4.69) is 10.3 Å².